The number of nitrogens with zero attached hydrogens (tertiary/aromatic N) is 6. The second kappa shape index (κ2) is 12.9. The summed E-state index contributed by atoms with van der Waals surface area (Å²) in [6.07, 6.45) is 6.90. The number of aromatic nitrogens is 4. The summed E-state index contributed by atoms with van der Waals surface area (Å²) >= 11 is 6.06. The minimum atomic E-state index is -0.140. The maximum atomic E-state index is 13.9. The summed E-state index contributed by atoms with van der Waals surface area (Å²) in [6, 6.07) is 13.6. The Balaban J connectivity index is 1.13. The Kier molecular flexibility index (Phi) is 8.78. The highest BCUT2D eigenvalue weighted by Crippen LogP contribution is 2.28. The van der Waals surface area contributed by atoms with Crippen LogP contribution in [-0.4, -0.2) is 80.4 Å². The molecule has 4 heterocycles. The van der Waals surface area contributed by atoms with Crippen molar-refractivity contribution in [2.24, 2.45) is 5.92 Å². The largest absolute Gasteiger partial charge is 0.395 e. The Morgan fingerprint density at radius 3 is 2.44 bits per heavy atom. The van der Waals surface area contributed by atoms with Gasteiger partial charge in [0.15, 0.2) is 0 Å². The van der Waals surface area contributed by atoms with E-state index in [1.54, 1.807) is 23.0 Å². The van der Waals surface area contributed by atoms with Crippen molar-refractivity contribution in [2.75, 3.05) is 44.2 Å². The first kappa shape index (κ1) is 29.3. The van der Waals surface area contributed by atoms with E-state index in [9.17, 15) is 14.7 Å². The molecule has 4 aromatic rings. The number of amides is 1. The van der Waals surface area contributed by atoms with Crippen LogP contribution in [-0.2, 0) is 6.54 Å². The van der Waals surface area contributed by atoms with E-state index in [0.717, 1.165) is 74.4 Å². The number of piperazine rings is 1. The molecule has 0 bridgehead atoms. The molecule has 1 amide bonds. The van der Waals surface area contributed by atoms with Crippen molar-refractivity contribution in [3.05, 3.63) is 81.6 Å². The quantitative estimate of drug-likeness (QED) is 0.316. The number of hydrogen-bond acceptors (Lipinski definition) is 7. The second-order valence-electron chi connectivity index (χ2n) is 11.6. The zero-order chi connectivity index (χ0) is 29.9. The molecule has 6 rings (SSSR count). The monoisotopic (exact) mass is 603 g/mol. The molecule has 10 nitrogen and oxygen atoms in total. The van der Waals surface area contributed by atoms with Gasteiger partial charge in [0.2, 0.25) is 0 Å². The van der Waals surface area contributed by atoms with Gasteiger partial charge < -0.3 is 15.3 Å². The van der Waals surface area contributed by atoms with Gasteiger partial charge in [-0.1, -0.05) is 23.7 Å². The zero-order valence-corrected chi connectivity index (χ0v) is 25.2. The number of imidazole rings is 1. The normalized spacial score (nSPS) is 19.6. The fraction of sp³-hybridized carbons (Fsp3) is 0.438. The average Bonchev–Trinajstić information content (AvgIpc) is 3.30. The molecular weight excluding hydrogens is 566 g/mol. The molecule has 1 aromatic carbocycles. The molecule has 0 unspecified atom stereocenters. The number of halogens is 1. The molecule has 0 atom stereocenters. The van der Waals surface area contributed by atoms with Gasteiger partial charge in [0.05, 0.1) is 45.8 Å². The minimum absolute atomic E-state index is 0.0623. The number of anilines is 1. The van der Waals surface area contributed by atoms with E-state index in [4.69, 9.17) is 16.6 Å². The van der Waals surface area contributed by atoms with E-state index in [1.807, 2.05) is 47.9 Å². The molecule has 1 saturated carbocycles. The van der Waals surface area contributed by atoms with Crippen LogP contribution in [0.15, 0.2) is 59.7 Å². The molecule has 1 saturated heterocycles. The Bertz CT molecular complexity index is 1640. The summed E-state index contributed by atoms with van der Waals surface area (Å²) in [6.45, 7) is 6.82. The van der Waals surface area contributed by atoms with Crippen LogP contribution in [0.4, 0.5) is 5.82 Å². The van der Waals surface area contributed by atoms with Crippen LogP contribution in [0.1, 0.15) is 41.7 Å². The van der Waals surface area contributed by atoms with Crippen LogP contribution in [0.2, 0.25) is 5.02 Å². The second-order valence-corrected chi connectivity index (χ2v) is 12.1. The van der Waals surface area contributed by atoms with Gasteiger partial charge >= 0.3 is 5.69 Å². The van der Waals surface area contributed by atoms with Gasteiger partial charge in [0, 0.05) is 51.5 Å². The lowest BCUT2D eigenvalue weighted by molar-refractivity contribution is 0.0919. The molecule has 2 aliphatic rings. The molecule has 11 heteroatoms. The summed E-state index contributed by atoms with van der Waals surface area (Å²) in [7, 11) is 0. The SMILES string of the molecule is Cc1ncc(Cl)cc1C(=O)N[C@H]1CC[C@H](Cn2c(=O)n(-c3ccc(N4CCN(CCO)CC4)nc3)c3ccccc32)CC1. The van der Waals surface area contributed by atoms with Gasteiger partial charge in [-0.15, -0.1) is 0 Å². The highest BCUT2D eigenvalue weighted by molar-refractivity contribution is 6.30. The van der Waals surface area contributed by atoms with Crippen molar-refractivity contribution in [3.8, 4) is 5.69 Å². The summed E-state index contributed by atoms with van der Waals surface area (Å²) < 4.78 is 3.66. The number of aliphatic hydroxyl groups is 1. The predicted molar refractivity (Wildman–Crippen MR) is 168 cm³/mol. The molecule has 0 spiro atoms. The van der Waals surface area contributed by atoms with Crippen molar-refractivity contribution in [3.63, 3.8) is 0 Å². The van der Waals surface area contributed by atoms with E-state index < -0.39 is 0 Å². The number of carbonyl (C=O) groups is 1. The molecule has 226 valence electrons. The summed E-state index contributed by atoms with van der Waals surface area (Å²) in [5.74, 6) is 1.10. The van der Waals surface area contributed by atoms with Crippen molar-refractivity contribution in [2.45, 2.75) is 45.2 Å². The Labute approximate surface area is 255 Å². The van der Waals surface area contributed by atoms with Gasteiger partial charge in [0.1, 0.15) is 5.82 Å². The third-order valence-corrected chi connectivity index (χ3v) is 9.07. The molecule has 1 aliphatic carbocycles. The zero-order valence-electron chi connectivity index (χ0n) is 24.5. The Morgan fingerprint density at radius 1 is 1.00 bits per heavy atom. The molecular formula is C32H38ClN7O3. The van der Waals surface area contributed by atoms with Crippen LogP contribution in [0.3, 0.4) is 0 Å². The van der Waals surface area contributed by atoms with Crippen LogP contribution in [0, 0.1) is 12.8 Å². The van der Waals surface area contributed by atoms with Gasteiger partial charge in [0.25, 0.3) is 5.91 Å². The van der Waals surface area contributed by atoms with Crippen molar-refractivity contribution in [1.29, 1.82) is 0 Å². The third-order valence-electron chi connectivity index (χ3n) is 8.86. The molecule has 0 radical (unpaired) electrons. The van der Waals surface area contributed by atoms with Gasteiger partial charge in [-0.05, 0) is 68.9 Å². The summed E-state index contributed by atoms with van der Waals surface area (Å²) in [5.41, 5.74) is 3.64. The van der Waals surface area contributed by atoms with Crippen molar-refractivity contribution in [1.82, 2.24) is 29.3 Å². The van der Waals surface area contributed by atoms with E-state index in [0.29, 0.717) is 35.3 Å². The highest BCUT2D eigenvalue weighted by Gasteiger charge is 2.26. The van der Waals surface area contributed by atoms with E-state index in [-0.39, 0.29) is 24.2 Å². The number of β-amino-alcohol motifs (C(OH)–C–C–N with tert-alkyl or cyclic N) is 1. The van der Waals surface area contributed by atoms with E-state index >= 15 is 0 Å². The summed E-state index contributed by atoms with van der Waals surface area (Å²) in [5, 5.41) is 12.8. The lowest BCUT2D eigenvalue weighted by atomic mass is 9.85. The first-order valence-electron chi connectivity index (χ1n) is 15.1. The maximum absolute atomic E-state index is 13.9. The maximum Gasteiger partial charge on any atom is 0.333 e. The smallest absolute Gasteiger partial charge is 0.333 e. The molecule has 2 N–H and O–H groups in total. The van der Waals surface area contributed by atoms with Gasteiger partial charge in [-0.25, -0.2) is 9.78 Å². The van der Waals surface area contributed by atoms with Crippen LogP contribution in [0.5, 0.6) is 0 Å². The predicted octanol–water partition coefficient (Wildman–Crippen LogP) is 3.65. The molecule has 3 aromatic heterocycles. The topological polar surface area (TPSA) is 109 Å². The number of carbonyl (C=O) groups excluding carboxylic acids is 1. The minimum Gasteiger partial charge on any atom is -0.395 e. The number of aryl methyl sites for hydroxylation is 1. The first-order valence-corrected chi connectivity index (χ1v) is 15.5. The lowest BCUT2D eigenvalue weighted by Gasteiger charge is -2.35. The Morgan fingerprint density at radius 2 is 1.74 bits per heavy atom. The van der Waals surface area contributed by atoms with Crippen LogP contribution >= 0.6 is 11.6 Å². The van der Waals surface area contributed by atoms with Crippen LogP contribution in [0.25, 0.3) is 16.7 Å². The Hall–Kier alpha value is -3.73. The number of aliphatic hydroxyl groups excluding tert-OH is 1. The average molecular weight is 604 g/mol. The van der Waals surface area contributed by atoms with Crippen molar-refractivity contribution < 1.29 is 9.90 Å². The fourth-order valence-electron chi connectivity index (χ4n) is 6.42. The van der Waals surface area contributed by atoms with Gasteiger partial charge in [-0.2, -0.15) is 0 Å². The number of benzene rings is 1. The number of nitrogens with one attached hydrogen (secondary N) is 1. The van der Waals surface area contributed by atoms with Gasteiger partial charge in [-0.3, -0.25) is 23.8 Å². The number of fused-ring (bicyclic) bond motifs is 1. The molecule has 2 fully saturated rings. The standard InChI is InChI=1S/C32H38ClN7O3/c1-22-27(18-24(33)19-34-22)31(42)36-25-8-6-23(7-9-25)21-39-28-4-2-3-5-29(28)40(32(39)43)26-10-11-30(35-20-26)38-14-12-37(13-15-38)16-17-41/h2-5,10-11,18-20,23,25,41H,6-9,12-17,21H2,1H3,(H,36,42)/t23-,25-. The lowest BCUT2D eigenvalue weighted by Crippen LogP contribution is -2.47. The molecule has 1 aliphatic heterocycles. The number of para-hydroxylation sites is 2. The van der Waals surface area contributed by atoms with Crippen LogP contribution < -0.4 is 15.9 Å². The number of hydrogen-bond donors (Lipinski definition) is 2. The van der Waals surface area contributed by atoms with E-state index in [2.05, 4.69) is 20.1 Å². The molecule has 43 heavy (non-hydrogen) atoms. The summed E-state index contributed by atoms with van der Waals surface area (Å²) in [4.78, 5) is 40.1. The first-order chi connectivity index (χ1) is 20.9. The number of rotatable bonds is 8. The van der Waals surface area contributed by atoms with E-state index in [1.165, 1.54) is 0 Å². The third kappa shape index (κ3) is 6.32. The number of pyridine rings is 2. The van der Waals surface area contributed by atoms with Crippen molar-refractivity contribution >= 4 is 34.4 Å². The highest BCUT2D eigenvalue weighted by atomic mass is 35.5. The fourth-order valence-corrected chi connectivity index (χ4v) is 6.58.